The van der Waals surface area contributed by atoms with Gasteiger partial charge in [0.05, 0.1) is 11.7 Å². The summed E-state index contributed by atoms with van der Waals surface area (Å²) in [5, 5.41) is 10.7. The van der Waals surface area contributed by atoms with Crippen molar-refractivity contribution in [3.63, 3.8) is 0 Å². The molecule has 6 rings (SSSR count). The Kier molecular flexibility index (Phi) is 9.03. The highest BCUT2D eigenvalue weighted by Gasteiger charge is 2.30. The standard InChI is InChI=1S/C37H43FN6O3/c1-6-23(2)28-10-8-7-9-24(28)15-17-39-35(45)32-20-33(25-11-12-25)44-34(41-32)21-31(42-44)29-14-13-27(19-30(29)38)43-18-16-26(22-43)40-36(46)47-37(3,4)5/h6-10,13-14,19-21,25-26H,11-12,15-18,22H2,1-5H3,(H,39,45)(H,40,46)/b23-6-/t26-/m1/s1. The highest BCUT2D eigenvalue weighted by atomic mass is 19.1. The molecule has 1 aliphatic heterocycles. The number of carbonyl (C=O) groups is 2. The van der Waals surface area contributed by atoms with Gasteiger partial charge in [-0.2, -0.15) is 5.10 Å². The molecule has 246 valence electrons. The minimum absolute atomic E-state index is 0.0810. The molecule has 1 aliphatic carbocycles. The number of alkyl carbamates (subject to hydrolysis) is 1. The van der Waals surface area contributed by atoms with E-state index >= 15 is 4.39 Å². The SMILES string of the molecule is C/C=C(/C)c1ccccc1CCNC(=O)c1cc(C2CC2)n2nc(-c3ccc(N4CC[C@@H](NC(=O)OC(C)(C)C)C4)cc3F)cc2n1. The fourth-order valence-corrected chi connectivity index (χ4v) is 6.09. The van der Waals surface area contributed by atoms with Gasteiger partial charge >= 0.3 is 6.09 Å². The number of hydrogen-bond donors (Lipinski definition) is 2. The van der Waals surface area contributed by atoms with E-state index in [2.05, 4.69) is 45.6 Å². The van der Waals surface area contributed by atoms with Crippen molar-refractivity contribution in [1.29, 1.82) is 0 Å². The highest BCUT2D eigenvalue weighted by molar-refractivity contribution is 5.93. The number of halogens is 1. The number of aromatic nitrogens is 3. The Balaban J connectivity index is 1.16. The number of allylic oxidation sites excluding steroid dienone is 2. The zero-order valence-electron chi connectivity index (χ0n) is 27.8. The molecule has 0 bridgehead atoms. The summed E-state index contributed by atoms with van der Waals surface area (Å²) in [6.07, 6.45) is 5.11. The molecule has 2 aromatic heterocycles. The second-order valence-corrected chi connectivity index (χ2v) is 13.5. The zero-order valence-corrected chi connectivity index (χ0v) is 27.8. The van der Waals surface area contributed by atoms with Gasteiger partial charge in [0.15, 0.2) is 5.65 Å². The number of nitrogens with zero attached hydrogens (tertiary/aromatic N) is 4. The van der Waals surface area contributed by atoms with Gasteiger partial charge in [0.25, 0.3) is 5.91 Å². The third kappa shape index (κ3) is 7.48. The molecule has 0 unspecified atom stereocenters. The van der Waals surface area contributed by atoms with E-state index in [0.717, 1.165) is 30.6 Å². The average molecular weight is 639 g/mol. The van der Waals surface area contributed by atoms with Crippen LogP contribution in [-0.2, 0) is 11.2 Å². The van der Waals surface area contributed by atoms with Crippen molar-refractivity contribution < 1.29 is 18.7 Å². The third-order valence-corrected chi connectivity index (χ3v) is 8.74. The summed E-state index contributed by atoms with van der Waals surface area (Å²) >= 11 is 0. The Bertz CT molecular complexity index is 1840. The largest absolute Gasteiger partial charge is 0.444 e. The van der Waals surface area contributed by atoms with E-state index in [9.17, 15) is 9.59 Å². The maximum Gasteiger partial charge on any atom is 0.407 e. The first-order valence-corrected chi connectivity index (χ1v) is 16.4. The van der Waals surface area contributed by atoms with E-state index in [4.69, 9.17) is 9.84 Å². The fourth-order valence-electron chi connectivity index (χ4n) is 6.09. The first-order valence-electron chi connectivity index (χ1n) is 16.4. The third-order valence-electron chi connectivity index (χ3n) is 8.74. The van der Waals surface area contributed by atoms with Gasteiger partial charge in [0, 0.05) is 48.6 Å². The van der Waals surface area contributed by atoms with E-state index < -0.39 is 17.5 Å². The van der Waals surface area contributed by atoms with Crippen LogP contribution in [0.25, 0.3) is 22.5 Å². The molecule has 2 aromatic carbocycles. The normalized spacial score (nSPS) is 16.9. The van der Waals surface area contributed by atoms with Gasteiger partial charge in [-0.3, -0.25) is 4.79 Å². The van der Waals surface area contributed by atoms with Crippen LogP contribution < -0.4 is 15.5 Å². The molecule has 2 fully saturated rings. The molecular formula is C37H43FN6O3. The zero-order chi connectivity index (χ0) is 33.3. The van der Waals surface area contributed by atoms with E-state index in [1.165, 1.54) is 22.8 Å². The van der Waals surface area contributed by atoms with Gasteiger partial charge in [-0.15, -0.1) is 0 Å². The lowest BCUT2D eigenvalue weighted by Crippen LogP contribution is -2.40. The number of ether oxygens (including phenoxy) is 1. The monoisotopic (exact) mass is 638 g/mol. The van der Waals surface area contributed by atoms with Crippen molar-refractivity contribution in [2.24, 2.45) is 0 Å². The number of fused-ring (bicyclic) bond motifs is 1. The van der Waals surface area contributed by atoms with Crippen LogP contribution in [0.5, 0.6) is 0 Å². The van der Waals surface area contributed by atoms with Crippen LogP contribution in [-0.4, -0.2) is 57.9 Å². The quantitative estimate of drug-likeness (QED) is 0.207. The fraction of sp³-hybridized carbons (Fsp3) is 0.405. The smallest absolute Gasteiger partial charge is 0.407 e. The number of anilines is 1. The molecular weight excluding hydrogens is 595 g/mol. The predicted octanol–water partition coefficient (Wildman–Crippen LogP) is 6.91. The van der Waals surface area contributed by atoms with Crippen molar-refractivity contribution in [2.75, 3.05) is 24.5 Å². The lowest BCUT2D eigenvalue weighted by atomic mass is 9.98. The van der Waals surface area contributed by atoms with Crippen molar-refractivity contribution in [1.82, 2.24) is 25.2 Å². The van der Waals surface area contributed by atoms with E-state index in [0.29, 0.717) is 54.6 Å². The van der Waals surface area contributed by atoms with Crippen LogP contribution >= 0.6 is 0 Å². The van der Waals surface area contributed by atoms with Gasteiger partial charge in [-0.25, -0.2) is 18.7 Å². The molecule has 3 heterocycles. The number of nitrogens with one attached hydrogen (secondary N) is 2. The van der Waals surface area contributed by atoms with Crippen LogP contribution in [0.1, 0.15) is 87.1 Å². The molecule has 47 heavy (non-hydrogen) atoms. The summed E-state index contributed by atoms with van der Waals surface area (Å²) < 4.78 is 22.7. The maximum absolute atomic E-state index is 15.6. The summed E-state index contributed by atoms with van der Waals surface area (Å²) in [7, 11) is 0. The van der Waals surface area contributed by atoms with Crippen molar-refractivity contribution in [3.8, 4) is 11.3 Å². The van der Waals surface area contributed by atoms with Gasteiger partial charge in [-0.05, 0) is 101 Å². The highest BCUT2D eigenvalue weighted by Crippen LogP contribution is 2.40. The lowest BCUT2D eigenvalue weighted by molar-refractivity contribution is 0.0508. The molecule has 2 N–H and O–H groups in total. The van der Waals surface area contributed by atoms with Gasteiger partial charge < -0.3 is 20.3 Å². The number of hydrogen-bond acceptors (Lipinski definition) is 6. The van der Waals surface area contributed by atoms with Gasteiger partial charge in [-0.1, -0.05) is 30.3 Å². The Morgan fingerprint density at radius 1 is 1.09 bits per heavy atom. The van der Waals surface area contributed by atoms with Gasteiger partial charge in [0.2, 0.25) is 0 Å². The molecule has 1 saturated heterocycles. The minimum atomic E-state index is -0.569. The van der Waals surface area contributed by atoms with Crippen molar-refractivity contribution >= 4 is 28.9 Å². The molecule has 2 aliphatic rings. The van der Waals surface area contributed by atoms with Crippen LogP contribution in [0.15, 0.2) is 60.7 Å². The van der Waals surface area contributed by atoms with E-state index in [1.54, 1.807) is 16.6 Å². The Morgan fingerprint density at radius 2 is 1.87 bits per heavy atom. The number of benzene rings is 2. The summed E-state index contributed by atoms with van der Waals surface area (Å²) in [5.74, 6) is -0.341. The molecule has 1 saturated carbocycles. The molecule has 2 amide bonds. The van der Waals surface area contributed by atoms with Crippen LogP contribution in [0.3, 0.4) is 0 Å². The molecule has 0 radical (unpaired) electrons. The topological polar surface area (TPSA) is 101 Å². The number of carbonyl (C=O) groups excluding carboxylic acids is 2. The summed E-state index contributed by atoms with van der Waals surface area (Å²) in [6, 6.07) is 16.9. The summed E-state index contributed by atoms with van der Waals surface area (Å²) in [4.78, 5) is 32.2. The van der Waals surface area contributed by atoms with Crippen molar-refractivity contribution in [2.45, 2.75) is 77.9 Å². The lowest BCUT2D eigenvalue weighted by Gasteiger charge is -2.22. The molecule has 0 spiro atoms. The first-order chi connectivity index (χ1) is 22.5. The summed E-state index contributed by atoms with van der Waals surface area (Å²) in [5.41, 5.74) is 6.33. The number of rotatable bonds is 9. The Hall–Kier alpha value is -4.73. The van der Waals surface area contributed by atoms with Crippen LogP contribution in [0.4, 0.5) is 14.9 Å². The summed E-state index contributed by atoms with van der Waals surface area (Å²) in [6.45, 7) is 11.3. The molecule has 10 heteroatoms. The molecule has 1 atom stereocenters. The predicted molar refractivity (Wildman–Crippen MR) is 182 cm³/mol. The van der Waals surface area contributed by atoms with Crippen LogP contribution in [0.2, 0.25) is 0 Å². The average Bonchev–Trinajstić information content (AvgIpc) is 3.62. The first kappa shape index (κ1) is 32.2. The minimum Gasteiger partial charge on any atom is -0.444 e. The maximum atomic E-state index is 15.6. The Labute approximate surface area is 275 Å². The molecule has 9 nitrogen and oxygen atoms in total. The van der Waals surface area contributed by atoms with Gasteiger partial charge in [0.1, 0.15) is 17.1 Å². The Morgan fingerprint density at radius 3 is 2.60 bits per heavy atom. The second kappa shape index (κ2) is 13.2. The van der Waals surface area contributed by atoms with Crippen LogP contribution in [0, 0.1) is 5.82 Å². The molecule has 4 aromatic rings. The van der Waals surface area contributed by atoms with E-state index in [1.807, 2.05) is 52.0 Å². The number of amides is 2. The van der Waals surface area contributed by atoms with Crippen molar-refractivity contribution in [3.05, 3.63) is 89.0 Å². The second-order valence-electron chi connectivity index (χ2n) is 13.5. The van der Waals surface area contributed by atoms with E-state index in [-0.39, 0.29) is 11.9 Å².